The maximum Gasteiger partial charge on any atom is 0.126 e. The molecule has 2 rings (SSSR count). The van der Waals surface area contributed by atoms with Crippen LogP contribution in [0.15, 0.2) is 10.7 Å². The molecule has 4 heteroatoms. The Labute approximate surface area is 85.3 Å². The maximum absolute atomic E-state index is 10.8. The molecule has 1 aliphatic carbocycles. The van der Waals surface area contributed by atoms with Gasteiger partial charge >= 0.3 is 0 Å². The number of nitrogens with zero attached hydrogens (tertiary/aromatic N) is 2. The fourth-order valence-electron chi connectivity index (χ4n) is 1.47. The van der Waals surface area contributed by atoms with E-state index in [9.17, 15) is 4.79 Å². The zero-order valence-electron chi connectivity index (χ0n) is 7.46. The minimum Gasteiger partial charge on any atom is -0.303 e. The zero-order valence-corrected chi connectivity index (χ0v) is 9.04. The summed E-state index contributed by atoms with van der Waals surface area (Å²) in [6.45, 7) is 0. The normalized spacial score (nSPS) is 18.6. The van der Waals surface area contributed by atoms with Gasteiger partial charge < -0.3 is 4.79 Å². The maximum atomic E-state index is 10.8. The van der Waals surface area contributed by atoms with Crippen LogP contribution in [0.4, 0.5) is 0 Å². The van der Waals surface area contributed by atoms with Gasteiger partial charge in [-0.25, -0.2) is 0 Å². The van der Waals surface area contributed by atoms with Gasteiger partial charge in [0.25, 0.3) is 0 Å². The van der Waals surface area contributed by atoms with Gasteiger partial charge in [0, 0.05) is 18.9 Å². The fourth-order valence-corrected chi connectivity index (χ4v) is 1.95. The molecule has 1 heterocycles. The molecule has 0 N–H and O–H groups in total. The van der Waals surface area contributed by atoms with E-state index in [4.69, 9.17) is 0 Å². The van der Waals surface area contributed by atoms with Crippen molar-refractivity contribution in [2.75, 3.05) is 0 Å². The highest BCUT2D eigenvalue weighted by molar-refractivity contribution is 9.10. The van der Waals surface area contributed by atoms with E-state index in [-0.39, 0.29) is 5.41 Å². The topological polar surface area (TPSA) is 34.9 Å². The fraction of sp³-hybridized carbons (Fsp3) is 0.556. The average molecular weight is 243 g/mol. The number of rotatable bonds is 3. The monoisotopic (exact) mass is 242 g/mol. The molecule has 1 aliphatic rings. The first-order valence-corrected chi connectivity index (χ1v) is 5.09. The summed E-state index contributed by atoms with van der Waals surface area (Å²) in [6.07, 6.45) is 5.72. The van der Waals surface area contributed by atoms with Crippen LogP contribution in [-0.2, 0) is 18.3 Å². The minimum atomic E-state index is -0.0731. The average Bonchev–Trinajstić information content (AvgIpc) is 2.84. The van der Waals surface area contributed by atoms with Gasteiger partial charge in [0.15, 0.2) is 0 Å². The highest BCUT2D eigenvalue weighted by Gasteiger charge is 2.43. The smallest absolute Gasteiger partial charge is 0.126 e. The van der Waals surface area contributed by atoms with E-state index in [1.807, 2.05) is 11.7 Å². The largest absolute Gasteiger partial charge is 0.303 e. The molecule has 0 amide bonds. The van der Waals surface area contributed by atoms with Crippen molar-refractivity contribution in [3.63, 3.8) is 0 Å². The molecule has 0 bridgehead atoms. The first-order chi connectivity index (χ1) is 6.17. The van der Waals surface area contributed by atoms with Crippen molar-refractivity contribution in [1.29, 1.82) is 0 Å². The lowest BCUT2D eigenvalue weighted by molar-refractivity contribution is -0.112. The Bertz CT molecular complexity index is 322. The summed E-state index contributed by atoms with van der Waals surface area (Å²) < 4.78 is 2.83. The summed E-state index contributed by atoms with van der Waals surface area (Å²) in [7, 11) is 1.90. The van der Waals surface area contributed by atoms with Gasteiger partial charge in [-0.15, -0.1) is 0 Å². The van der Waals surface area contributed by atoms with Crippen LogP contribution in [0.25, 0.3) is 0 Å². The van der Waals surface area contributed by atoms with Crippen molar-refractivity contribution in [3.8, 4) is 0 Å². The van der Waals surface area contributed by atoms with Crippen molar-refractivity contribution < 1.29 is 4.79 Å². The predicted octanol–water partition coefficient (Wildman–Crippen LogP) is 1.70. The quantitative estimate of drug-likeness (QED) is 0.757. The number of halogens is 1. The molecule has 0 atom stereocenters. The van der Waals surface area contributed by atoms with Crippen molar-refractivity contribution in [3.05, 3.63) is 16.4 Å². The minimum absolute atomic E-state index is 0.0731. The molecule has 0 saturated heterocycles. The highest BCUT2D eigenvalue weighted by atomic mass is 79.9. The first kappa shape index (κ1) is 8.94. The Balaban J connectivity index is 2.22. The molecule has 1 saturated carbocycles. The van der Waals surface area contributed by atoms with Gasteiger partial charge in [0.2, 0.25) is 0 Å². The van der Waals surface area contributed by atoms with Crippen LogP contribution in [0.5, 0.6) is 0 Å². The van der Waals surface area contributed by atoms with E-state index in [0.29, 0.717) is 0 Å². The van der Waals surface area contributed by atoms with Gasteiger partial charge in [0.05, 0.1) is 16.4 Å². The summed E-state index contributed by atoms with van der Waals surface area (Å²) in [6, 6.07) is 0. The Morgan fingerprint density at radius 2 is 2.46 bits per heavy atom. The second-order valence-corrected chi connectivity index (χ2v) is 4.57. The van der Waals surface area contributed by atoms with Crippen LogP contribution in [0, 0.1) is 5.41 Å². The molecule has 0 spiro atoms. The second-order valence-electron chi connectivity index (χ2n) is 3.72. The Morgan fingerprint density at radius 3 is 2.85 bits per heavy atom. The molecule has 0 unspecified atom stereocenters. The molecular weight excluding hydrogens is 232 g/mol. The van der Waals surface area contributed by atoms with Crippen LogP contribution < -0.4 is 0 Å². The van der Waals surface area contributed by atoms with Gasteiger partial charge in [-0.05, 0) is 28.8 Å². The Kier molecular flexibility index (Phi) is 2.02. The van der Waals surface area contributed by atoms with Crippen molar-refractivity contribution >= 4 is 22.2 Å². The number of carbonyl (C=O) groups excluding carboxylic acids is 1. The van der Waals surface area contributed by atoms with E-state index in [1.54, 1.807) is 6.20 Å². The summed E-state index contributed by atoms with van der Waals surface area (Å²) in [4.78, 5) is 10.8. The molecule has 1 fully saturated rings. The number of aldehydes is 1. The molecule has 0 aromatic carbocycles. The zero-order chi connectivity index (χ0) is 9.47. The van der Waals surface area contributed by atoms with E-state index < -0.39 is 0 Å². The van der Waals surface area contributed by atoms with Gasteiger partial charge in [-0.3, -0.25) is 4.68 Å². The second kappa shape index (κ2) is 2.94. The lowest BCUT2D eigenvalue weighted by Gasteiger charge is -2.07. The van der Waals surface area contributed by atoms with Crippen molar-refractivity contribution in [2.45, 2.75) is 19.3 Å². The van der Waals surface area contributed by atoms with Gasteiger partial charge in [-0.2, -0.15) is 5.10 Å². The molecule has 70 valence electrons. The summed E-state index contributed by atoms with van der Waals surface area (Å²) in [5.41, 5.74) is 1.04. The number of carbonyl (C=O) groups is 1. The third-order valence-corrected chi connectivity index (χ3v) is 3.33. The van der Waals surface area contributed by atoms with Crippen LogP contribution in [0.1, 0.15) is 18.5 Å². The van der Waals surface area contributed by atoms with Crippen LogP contribution in [0.3, 0.4) is 0 Å². The molecule has 1 aromatic rings. The molecular formula is C9H11BrN2O. The van der Waals surface area contributed by atoms with Gasteiger partial charge in [0.1, 0.15) is 6.29 Å². The van der Waals surface area contributed by atoms with Gasteiger partial charge in [-0.1, -0.05) is 0 Å². The highest BCUT2D eigenvalue weighted by Crippen LogP contribution is 2.46. The predicted molar refractivity (Wildman–Crippen MR) is 52.3 cm³/mol. The SMILES string of the molecule is Cn1ncc(Br)c1CC1(C=O)CC1. The van der Waals surface area contributed by atoms with E-state index in [0.717, 1.165) is 35.7 Å². The first-order valence-electron chi connectivity index (χ1n) is 4.30. The van der Waals surface area contributed by atoms with Crippen LogP contribution in [-0.4, -0.2) is 16.1 Å². The molecule has 3 nitrogen and oxygen atoms in total. The Hall–Kier alpha value is -0.640. The van der Waals surface area contributed by atoms with Crippen LogP contribution >= 0.6 is 15.9 Å². The lowest BCUT2D eigenvalue weighted by Crippen LogP contribution is -2.10. The number of aryl methyl sites for hydroxylation is 1. The standard InChI is InChI=1S/C9H11BrN2O/c1-12-8(7(10)5-11-12)4-9(6-13)2-3-9/h5-6H,2-4H2,1H3. The third-order valence-electron chi connectivity index (χ3n) is 2.67. The molecule has 1 aromatic heterocycles. The van der Waals surface area contributed by atoms with E-state index in [1.165, 1.54) is 0 Å². The van der Waals surface area contributed by atoms with Crippen molar-refractivity contribution in [2.24, 2.45) is 12.5 Å². The molecule has 0 radical (unpaired) electrons. The third kappa shape index (κ3) is 1.55. The summed E-state index contributed by atoms with van der Waals surface area (Å²) in [5.74, 6) is 0. The van der Waals surface area contributed by atoms with Crippen molar-refractivity contribution in [1.82, 2.24) is 9.78 Å². The number of aromatic nitrogens is 2. The lowest BCUT2D eigenvalue weighted by atomic mass is 10.0. The molecule has 13 heavy (non-hydrogen) atoms. The number of hydrogen-bond donors (Lipinski definition) is 0. The van der Waals surface area contributed by atoms with Crippen LogP contribution in [0.2, 0.25) is 0 Å². The molecule has 0 aliphatic heterocycles. The summed E-state index contributed by atoms with van der Waals surface area (Å²) in [5, 5.41) is 4.12. The Morgan fingerprint density at radius 1 is 1.77 bits per heavy atom. The van der Waals surface area contributed by atoms with E-state index in [2.05, 4.69) is 21.0 Å². The number of hydrogen-bond acceptors (Lipinski definition) is 2. The van der Waals surface area contributed by atoms with E-state index >= 15 is 0 Å². The summed E-state index contributed by atoms with van der Waals surface area (Å²) >= 11 is 3.43.